The second-order valence-electron chi connectivity index (χ2n) is 7.29. The summed E-state index contributed by atoms with van der Waals surface area (Å²) >= 11 is 0. The third-order valence-electron chi connectivity index (χ3n) is 4.80. The first-order valence-corrected chi connectivity index (χ1v) is 8.95. The Bertz CT molecular complexity index is 718. The van der Waals surface area contributed by atoms with Gasteiger partial charge in [0.15, 0.2) is 5.82 Å². The molecule has 26 heavy (non-hydrogen) atoms. The zero-order chi connectivity index (χ0) is 18.6. The molecule has 0 unspecified atom stereocenters. The lowest BCUT2D eigenvalue weighted by molar-refractivity contribution is 0.172. The highest BCUT2D eigenvalue weighted by molar-refractivity contribution is 5.60. The maximum atomic E-state index is 5.56. The van der Waals surface area contributed by atoms with Crippen molar-refractivity contribution in [3.05, 3.63) is 48.0 Å². The zero-order valence-corrected chi connectivity index (χ0v) is 16.1. The third kappa shape index (κ3) is 4.14. The minimum atomic E-state index is 0.00370. The highest BCUT2D eigenvalue weighted by Crippen LogP contribution is 2.35. The molecule has 2 heterocycles. The van der Waals surface area contributed by atoms with Crippen LogP contribution < -0.4 is 9.64 Å². The van der Waals surface area contributed by atoms with Gasteiger partial charge in [0.2, 0.25) is 0 Å². The molecule has 0 aliphatic carbocycles. The van der Waals surface area contributed by atoms with E-state index in [9.17, 15) is 0 Å². The number of para-hydroxylation sites is 2. The second-order valence-corrected chi connectivity index (χ2v) is 7.29. The van der Waals surface area contributed by atoms with Crippen molar-refractivity contribution in [2.45, 2.75) is 32.5 Å². The lowest BCUT2D eigenvalue weighted by Gasteiger charge is -2.48. The number of nitrogens with zero attached hydrogens (tertiary/aromatic N) is 4. The van der Waals surface area contributed by atoms with Gasteiger partial charge in [-0.25, -0.2) is 9.97 Å². The fourth-order valence-corrected chi connectivity index (χ4v) is 3.61. The van der Waals surface area contributed by atoms with E-state index in [4.69, 9.17) is 9.47 Å². The normalized spacial score (nSPS) is 17.3. The fourth-order valence-electron chi connectivity index (χ4n) is 3.61. The largest absolute Gasteiger partial charge is 0.495 e. The summed E-state index contributed by atoms with van der Waals surface area (Å²) in [5, 5.41) is 0. The number of aromatic nitrogens is 2. The Labute approximate surface area is 155 Å². The van der Waals surface area contributed by atoms with Gasteiger partial charge in [-0.15, -0.1) is 0 Å². The molecule has 0 bridgehead atoms. The average molecular weight is 356 g/mol. The molecule has 0 saturated carbocycles. The van der Waals surface area contributed by atoms with Crippen LogP contribution in [0.4, 0.5) is 5.69 Å². The highest BCUT2D eigenvalue weighted by Gasteiger charge is 2.35. The molecule has 0 radical (unpaired) electrons. The van der Waals surface area contributed by atoms with Crippen LogP contribution in [0.3, 0.4) is 0 Å². The van der Waals surface area contributed by atoms with Gasteiger partial charge in [-0.3, -0.25) is 4.90 Å². The van der Waals surface area contributed by atoms with Gasteiger partial charge in [0.25, 0.3) is 0 Å². The summed E-state index contributed by atoms with van der Waals surface area (Å²) in [4.78, 5) is 13.6. The Balaban J connectivity index is 1.68. The van der Waals surface area contributed by atoms with Crippen LogP contribution in [0.25, 0.3) is 0 Å². The maximum Gasteiger partial charge on any atom is 0.153 e. The van der Waals surface area contributed by atoms with Crippen LogP contribution in [0, 0.1) is 0 Å². The minimum Gasteiger partial charge on any atom is -0.495 e. The number of benzene rings is 1. The number of rotatable bonds is 6. The van der Waals surface area contributed by atoms with Crippen molar-refractivity contribution in [2.24, 2.45) is 0 Å². The van der Waals surface area contributed by atoms with E-state index in [0.29, 0.717) is 6.61 Å². The Hall–Kier alpha value is -2.18. The molecule has 6 nitrogen and oxygen atoms in total. The summed E-state index contributed by atoms with van der Waals surface area (Å²) in [7, 11) is 3.38. The van der Waals surface area contributed by atoms with Crippen LogP contribution in [0.5, 0.6) is 5.75 Å². The van der Waals surface area contributed by atoms with E-state index in [0.717, 1.165) is 49.0 Å². The smallest absolute Gasteiger partial charge is 0.153 e. The Kier molecular flexibility index (Phi) is 5.74. The molecule has 0 amide bonds. The van der Waals surface area contributed by atoms with Gasteiger partial charge in [-0.2, -0.15) is 0 Å². The van der Waals surface area contributed by atoms with E-state index in [1.807, 2.05) is 24.5 Å². The molecule has 1 aliphatic heterocycles. The van der Waals surface area contributed by atoms with Crippen LogP contribution in [0.15, 0.2) is 36.7 Å². The van der Waals surface area contributed by atoms with Crippen molar-refractivity contribution in [1.29, 1.82) is 0 Å². The van der Waals surface area contributed by atoms with Gasteiger partial charge in [-0.1, -0.05) is 12.1 Å². The molecule has 1 fully saturated rings. The van der Waals surface area contributed by atoms with Crippen molar-refractivity contribution >= 4 is 5.69 Å². The molecule has 140 valence electrons. The summed E-state index contributed by atoms with van der Waals surface area (Å²) < 4.78 is 10.6. The van der Waals surface area contributed by atoms with Gasteiger partial charge in [0.1, 0.15) is 12.4 Å². The molecule has 1 aliphatic rings. The topological polar surface area (TPSA) is 50.7 Å². The van der Waals surface area contributed by atoms with Gasteiger partial charge in [0, 0.05) is 56.8 Å². The summed E-state index contributed by atoms with van der Waals surface area (Å²) in [5.74, 6) is 1.65. The van der Waals surface area contributed by atoms with Crippen LogP contribution >= 0.6 is 0 Å². The fraction of sp³-hybridized carbons (Fsp3) is 0.500. The number of methoxy groups -OCH3 is 2. The van der Waals surface area contributed by atoms with Gasteiger partial charge >= 0.3 is 0 Å². The van der Waals surface area contributed by atoms with Crippen LogP contribution in [-0.2, 0) is 17.9 Å². The standard InChI is InChI=1S/C20H28N4O2/c1-20(2)15-23(13-16-11-21-19(14-25-3)22-12-16)9-10-24(20)17-7-5-6-8-18(17)26-4/h5-8,11-12H,9-10,13-15H2,1-4H3. The van der Waals surface area contributed by atoms with Crippen LogP contribution in [0.2, 0.25) is 0 Å². The molecule has 3 rings (SSSR count). The van der Waals surface area contributed by atoms with Crippen molar-refractivity contribution in [1.82, 2.24) is 14.9 Å². The maximum absolute atomic E-state index is 5.56. The molecular formula is C20H28N4O2. The van der Waals surface area contributed by atoms with E-state index < -0.39 is 0 Å². The first-order valence-electron chi connectivity index (χ1n) is 8.95. The summed E-state index contributed by atoms with van der Waals surface area (Å²) in [5.41, 5.74) is 2.29. The SMILES string of the molecule is COCc1ncc(CN2CCN(c3ccccc3OC)C(C)(C)C2)cn1. The van der Waals surface area contributed by atoms with Gasteiger partial charge in [0.05, 0.1) is 12.8 Å². The Morgan fingerprint density at radius 2 is 1.81 bits per heavy atom. The minimum absolute atomic E-state index is 0.00370. The molecular weight excluding hydrogens is 328 g/mol. The Morgan fingerprint density at radius 3 is 2.46 bits per heavy atom. The van der Waals surface area contributed by atoms with E-state index in [2.05, 4.69) is 45.7 Å². The van der Waals surface area contributed by atoms with E-state index >= 15 is 0 Å². The molecule has 1 saturated heterocycles. The molecule has 1 aromatic carbocycles. The van der Waals surface area contributed by atoms with Crippen molar-refractivity contribution in [2.75, 3.05) is 38.8 Å². The third-order valence-corrected chi connectivity index (χ3v) is 4.80. The van der Waals surface area contributed by atoms with Crippen molar-refractivity contribution in [3.63, 3.8) is 0 Å². The molecule has 0 spiro atoms. The number of hydrogen-bond donors (Lipinski definition) is 0. The average Bonchev–Trinajstić information content (AvgIpc) is 2.63. The molecule has 0 atom stereocenters. The predicted octanol–water partition coefficient (Wildman–Crippen LogP) is 2.73. The number of piperazine rings is 1. The number of ether oxygens (including phenoxy) is 2. The quantitative estimate of drug-likeness (QED) is 0.793. The lowest BCUT2D eigenvalue weighted by atomic mass is 9.97. The number of hydrogen-bond acceptors (Lipinski definition) is 6. The zero-order valence-electron chi connectivity index (χ0n) is 16.1. The molecule has 1 aromatic heterocycles. The number of anilines is 1. The van der Waals surface area contributed by atoms with Gasteiger partial charge in [-0.05, 0) is 26.0 Å². The first-order chi connectivity index (χ1) is 12.5. The van der Waals surface area contributed by atoms with E-state index in [-0.39, 0.29) is 5.54 Å². The van der Waals surface area contributed by atoms with Gasteiger partial charge < -0.3 is 14.4 Å². The first kappa shape index (κ1) is 18.6. The van der Waals surface area contributed by atoms with Crippen LogP contribution in [-0.4, -0.2) is 54.3 Å². The van der Waals surface area contributed by atoms with Crippen molar-refractivity contribution in [3.8, 4) is 5.75 Å². The lowest BCUT2D eigenvalue weighted by Crippen LogP contribution is -2.59. The van der Waals surface area contributed by atoms with Crippen molar-refractivity contribution < 1.29 is 9.47 Å². The molecule has 6 heteroatoms. The molecule has 2 aromatic rings. The second kappa shape index (κ2) is 8.01. The molecule has 0 N–H and O–H groups in total. The summed E-state index contributed by atoms with van der Waals surface area (Å²) in [6, 6.07) is 8.24. The van der Waals surface area contributed by atoms with Crippen LogP contribution in [0.1, 0.15) is 25.2 Å². The Morgan fingerprint density at radius 1 is 1.08 bits per heavy atom. The van der Waals surface area contributed by atoms with E-state index in [1.54, 1.807) is 14.2 Å². The summed E-state index contributed by atoms with van der Waals surface area (Å²) in [6.07, 6.45) is 3.81. The predicted molar refractivity (Wildman–Crippen MR) is 102 cm³/mol. The monoisotopic (exact) mass is 356 g/mol. The van der Waals surface area contributed by atoms with E-state index in [1.165, 1.54) is 0 Å². The summed E-state index contributed by atoms with van der Waals surface area (Å²) in [6.45, 7) is 8.77. The highest BCUT2D eigenvalue weighted by atomic mass is 16.5.